The molecule has 0 radical (unpaired) electrons. The minimum absolute atomic E-state index is 0.212. The van der Waals surface area contributed by atoms with Crippen LogP contribution in [-0.4, -0.2) is 34.9 Å². The summed E-state index contributed by atoms with van der Waals surface area (Å²) in [6.45, 7) is 1.42. The first-order valence-corrected chi connectivity index (χ1v) is 9.04. The van der Waals surface area contributed by atoms with Gasteiger partial charge in [-0.1, -0.05) is 24.3 Å². The zero-order valence-electron chi connectivity index (χ0n) is 14.9. The average Bonchev–Trinajstić information content (AvgIpc) is 3.16. The molecular formula is C21H16FN3O3. The number of hydrogen-bond donors (Lipinski definition) is 0. The van der Waals surface area contributed by atoms with E-state index in [9.17, 15) is 18.8 Å². The van der Waals surface area contributed by atoms with Gasteiger partial charge in [0.1, 0.15) is 11.9 Å². The van der Waals surface area contributed by atoms with E-state index in [0.29, 0.717) is 5.69 Å². The molecule has 5 rings (SSSR count). The molecule has 0 spiro atoms. The predicted octanol–water partition coefficient (Wildman–Crippen LogP) is 2.29. The summed E-state index contributed by atoms with van der Waals surface area (Å²) >= 11 is 0. The number of imide groups is 1. The molecule has 2 saturated heterocycles. The first-order valence-electron chi connectivity index (χ1n) is 9.04. The summed E-state index contributed by atoms with van der Waals surface area (Å²) in [5, 5.41) is 6.02. The summed E-state index contributed by atoms with van der Waals surface area (Å²) in [5.41, 5.74) is 2.05. The van der Waals surface area contributed by atoms with Gasteiger partial charge in [-0.05, 0) is 42.3 Å². The second-order valence-electron chi connectivity index (χ2n) is 7.29. The van der Waals surface area contributed by atoms with Crippen molar-refractivity contribution in [1.29, 1.82) is 0 Å². The van der Waals surface area contributed by atoms with Gasteiger partial charge in [-0.25, -0.2) is 9.29 Å². The number of anilines is 1. The van der Waals surface area contributed by atoms with Crippen LogP contribution < -0.4 is 4.90 Å². The quantitative estimate of drug-likeness (QED) is 0.753. The molecule has 2 fully saturated rings. The van der Waals surface area contributed by atoms with Crippen molar-refractivity contribution in [2.24, 2.45) is 16.9 Å². The van der Waals surface area contributed by atoms with Crippen molar-refractivity contribution in [1.82, 2.24) is 5.01 Å². The van der Waals surface area contributed by atoms with E-state index in [0.717, 1.165) is 16.0 Å². The van der Waals surface area contributed by atoms with Crippen LogP contribution in [0.2, 0.25) is 0 Å². The monoisotopic (exact) mass is 377 g/mol. The number of halogens is 1. The van der Waals surface area contributed by atoms with Gasteiger partial charge < -0.3 is 0 Å². The molecule has 0 aliphatic carbocycles. The first kappa shape index (κ1) is 16.8. The summed E-state index contributed by atoms with van der Waals surface area (Å²) in [6, 6.07) is 11.5. The molecule has 4 atom stereocenters. The first-order chi connectivity index (χ1) is 13.5. The lowest BCUT2D eigenvalue weighted by Crippen LogP contribution is -2.43. The summed E-state index contributed by atoms with van der Waals surface area (Å²) in [5.74, 6) is -3.02. The molecule has 2 amide bonds. The van der Waals surface area contributed by atoms with Crippen LogP contribution in [0.25, 0.3) is 0 Å². The number of rotatable bonds is 2. The number of benzene rings is 2. The Morgan fingerprint density at radius 1 is 1.00 bits per heavy atom. The van der Waals surface area contributed by atoms with Crippen LogP contribution in [0.4, 0.5) is 10.1 Å². The van der Waals surface area contributed by atoms with Gasteiger partial charge in [-0.2, -0.15) is 5.10 Å². The number of hydrogen-bond acceptors (Lipinski definition) is 5. The van der Waals surface area contributed by atoms with Gasteiger partial charge in [0.25, 0.3) is 0 Å². The third-order valence-corrected chi connectivity index (χ3v) is 5.79. The van der Waals surface area contributed by atoms with Crippen molar-refractivity contribution in [3.05, 3.63) is 65.5 Å². The molecule has 7 heteroatoms. The van der Waals surface area contributed by atoms with Crippen molar-refractivity contribution in [2.75, 3.05) is 4.90 Å². The number of hydrazone groups is 1. The number of Topliss-reactive ketones (excluding diaryl/α,β-unsaturated/α-hetero) is 1. The third-order valence-electron chi connectivity index (χ3n) is 5.79. The van der Waals surface area contributed by atoms with E-state index in [2.05, 4.69) is 5.10 Å². The Bertz CT molecular complexity index is 1050. The van der Waals surface area contributed by atoms with Crippen LogP contribution in [-0.2, 0) is 14.4 Å². The van der Waals surface area contributed by atoms with Crippen molar-refractivity contribution in [2.45, 2.75) is 19.0 Å². The second-order valence-corrected chi connectivity index (χ2v) is 7.29. The minimum atomic E-state index is -0.816. The average molecular weight is 377 g/mol. The van der Waals surface area contributed by atoms with Crippen LogP contribution in [0.1, 0.15) is 24.1 Å². The summed E-state index contributed by atoms with van der Waals surface area (Å²) in [7, 11) is 0. The van der Waals surface area contributed by atoms with Gasteiger partial charge in [0.05, 0.1) is 29.8 Å². The molecule has 28 heavy (non-hydrogen) atoms. The van der Waals surface area contributed by atoms with E-state index in [-0.39, 0.29) is 11.7 Å². The van der Waals surface area contributed by atoms with Crippen LogP contribution in [0, 0.1) is 17.7 Å². The number of carbonyl (C=O) groups excluding carboxylic acids is 3. The molecule has 2 aromatic rings. The summed E-state index contributed by atoms with van der Waals surface area (Å²) in [6.07, 6.45) is 1.66. The van der Waals surface area contributed by atoms with Gasteiger partial charge in [-0.15, -0.1) is 0 Å². The molecule has 0 aromatic heterocycles. The molecule has 3 aliphatic heterocycles. The van der Waals surface area contributed by atoms with Crippen molar-refractivity contribution in [3.63, 3.8) is 0 Å². The number of nitrogens with zero attached hydrogens (tertiary/aromatic N) is 3. The lowest BCUT2D eigenvalue weighted by molar-refractivity contribution is -0.129. The topological polar surface area (TPSA) is 70.0 Å². The van der Waals surface area contributed by atoms with Gasteiger partial charge in [0, 0.05) is 0 Å². The van der Waals surface area contributed by atoms with E-state index in [1.165, 1.54) is 31.2 Å². The maximum absolute atomic E-state index is 13.3. The van der Waals surface area contributed by atoms with Gasteiger partial charge in [-0.3, -0.25) is 19.4 Å². The molecule has 0 bridgehead atoms. The number of fused-ring (bicyclic) bond motifs is 5. The molecule has 6 nitrogen and oxygen atoms in total. The zero-order chi connectivity index (χ0) is 19.6. The highest BCUT2D eigenvalue weighted by molar-refractivity contribution is 6.24. The van der Waals surface area contributed by atoms with E-state index in [1.807, 2.05) is 24.3 Å². The highest BCUT2D eigenvalue weighted by Gasteiger charge is 2.64. The Labute approximate surface area is 160 Å². The molecular weight excluding hydrogens is 361 g/mol. The van der Waals surface area contributed by atoms with E-state index < -0.39 is 35.6 Å². The number of carbonyl (C=O) groups is 3. The van der Waals surface area contributed by atoms with Gasteiger partial charge in [0.2, 0.25) is 11.8 Å². The van der Waals surface area contributed by atoms with E-state index in [1.54, 1.807) is 11.2 Å². The smallest absolute Gasteiger partial charge is 0.240 e. The Hall–Kier alpha value is -3.35. The Morgan fingerprint density at radius 3 is 2.39 bits per heavy atom. The largest absolute Gasteiger partial charge is 0.298 e. The van der Waals surface area contributed by atoms with Crippen molar-refractivity contribution in [3.8, 4) is 0 Å². The lowest BCUT2D eigenvalue weighted by Gasteiger charge is -2.33. The van der Waals surface area contributed by atoms with Crippen molar-refractivity contribution >= 4 is 29.5 Å². The van der Waals surface area contributed by atoms with Crippen LogP contribution >= 0.6 is 0 Å². The van der Waals surface area contributed by atoms with Gasteiger partial charge >= 0.3 is 0 Å². The molecule has 0 unspecified atom stereocenters. The molecule has 3 aliphatic rings. The van der Waals surface area contributed by atoms with Crippen molar-refractivity contribution < 1.29 is 18.8 Å². The Morgan fingerprint density at radius 2 is 1.68 bits per heavy atom. The molecule has 140 valence electrons. The fourth-order valence-corrected chi connectivity index (χ4v) is 4.67. The fourth-order valence-electron chi connectivity index (χ4n) is 4.67. The fraction of sp³-hybridized carbons (Fsp3) is 0.238. The lowest BCUT2D eigenvalue weighted by atomic mass is 9.84. The van der Waals surface area contributed by atoms with Crippen LogP contribution in [0.15, 0.2) is 53.6 Å². The summed E-state index contributed by atoms with van der Waals surface area (Å²) in [4.78, 5) is 40.1. The normalized spacial score (nSPS) is 27.6. The SMILES string of the molecule is CC(=O)[C@H]1[C@H]2C(=O)N(c3ccc(F)cc3)C(=O)[C@@H]2[C@H]2c3ccccc3C=NN21. The van der Waals surface area contributed by atoms with E-state index in [4.69, 9.17) is 0 Å². The zero-order valence-corrected chi connectivity index (χ0v) is 14.9. The van der Waals surface area contributed by atoms with Gasteiger partial charge in [0.15, 0.2) is 5.78 Å². The molecule has 2 aromatic carbocycles. The Kier molecular flexibility index (Phi) is 3.49. The predicted molar refractivity (Wildman–Crippen MR) is 99.0 cm³/mol. The number of ketones is 1. The minimum Gasteiger partial charge on any atom is -0.298 e. The maximum Gasteiger partial charge on any atom is 0.240 e. The highest BCUT2D eigenvalue weighted by Crippen LogP contribution is 2.52. The van der Waals surface area contributed by atoms with Crippen LogP contribution in [0.3, 0.4) is 0 Å². The molecule has 3 heterocycles. The van der Waals surface area contributed by atoms with Crippen LogP contribution in [0.5, 0.6) is 0 Å². The number of amides is 2. The molecule has 0 N–H and O–H groups in total. The highest BCUT2D eigenvalue weighted by atomic mass is 19.1. The standard InChI is InChI=1S/C21H16FN3O3/c1-11(26)18-16-17(19-15-5-3-2-4-12(15)10-23-25(18)19)21(28)24(20(16)27)14-8-6-13(22)7-9-14/h2-10,16-19H,1H3/t16-,17-,18-,19+/m0/s1. The third kappa shape index (κ3) is 2.13. The summed E-state index contributed by atoms with van der Waals surface area (Å²) < 4.78 is 13.3. The van der Waals surface area contributed by atoms with E-state index >= 15 is 0 Å². The Balaban J connectivity index is 1.65. The second kappa shape index (κ2) is 5.82. The molecule has 0 saturated carbocycles. The maximum atomic E-state index is 13.3.